The predicted octanol–water partition coefficient (Wildman–Crippen LogP) is 4.11. The zero-order valence-electron chi connectivity index (χ0n) is 32.3. The van der Waals surface area contributed by atoms with E-state index in [4.69, 9.17) is 14.5 Å². The van der Waals surface area contributed by atoms with Crippen molar-refractivity contribution in [1.82, 2.24) is 40.6 Å². The maximum Gasteiger partial charge on any atom is 0.407 e. The van der Waals surface area contributed by atoms with Gasteiger partial charge >= 0.3 is 12.2 Å². The molecule has 8 rings (SSSR count). The lowest BCUT2D eigenvalue weighted by Crippen LogP contribution is -2.62. The molecular formula is C41H45N9O8. The highest BCUT2D eigenvalue weighted by Gasteiger charge is 2.45. The molecule has 58 heavy (non-hydrogen) atoms. The van der Waals surface area contributed by atoms with Crippen molar-refractivity contribution in [3.05, 3.63) is 72.3 Å². The summed E-state index contributed by atoms with van der Waals surface area (Å²) in [6.07, 6.45) is 5.98. The molecule has 4 fully saturated rings. The van der Waals surface area contributed by atoms with E-state index < -0.39 is 36.4 Å². The summed E-state index contributed by atoms with van der Waals surface area (Å²) >= 11 is 0. The van der Waals surface area contributed by atoms with Crippen LogP contribution in [0.1, 0.15) is 75.2 Å². The van der Waals surface area contributed by atoms with Gasteiger partial charge in [-0.15, -0.1) is 0 Å². The number of hydrazine groups is 2. The number of H-pyrrole nitrogens is 1. The Morgan fingerprint density at radius 1 is 0.690 bits per heavy atom. The number of nitrogens with one attached hydrogen (secondary N) is 3. The third-order valence-corrected chi connectivity index (χ3v) is 11.5. The lowest BCUT2D eigenvalue weighted by Gasteiger charge is -2.43. The second kappa shape index (κ2) is 16.1. The Morgan fingerprint density at radius 2 is 1.19 bits per heavy atom. The van der Waals surface area contributed by atoms with Crippen molar-refractivity contribution >= 4 is 47.1 Å². The van der Waals surface area contributed by atoms with Crippen molar-refractivity contribution in [2.24, 2.45) is 4.99 Å². The van der Waals surface area contributed by atoms with Gasteiger partial charge in [-0.3, -0.25) is 34.2 Å². The molecule has 302 valence electrons. The second-order valence-electron chi connectivity index (χ2n) is 15.0. The zero-order chi connectivity index (χ0) is 40.5. The van der Waals surface area contributed by atoms with Crippen LogP contribution >= 0.6 is 0 Å². The van der Waals surface area contributed by atoms with Crippen LogP contribution in [0.15, 0.2) is 65.9 Å². The van der Waals surface area contributed by atoms with Crippen molar-refractivity contribution in [2.45, 2.75) is 82.0 Å². The zero-order valence-corrected chi connectivity index (χ0v) is 32.3. The molecule has 4 atom stereocenters. The number of aliphatic imine (C=N–C) groups is 1. The quantitative estimate of drug-likeness (QED) is 0.315. The highest BCUT2D eigenvalue weighted by molar-refractivity contribution is 6.04. The van der Waals surface area contributed by atoms with Crippen LogP contribution in [0.2, 0.25) is 0 Å². The van der Waals surface area contributed by atoms with E-state index in [9.17, 15) is 28.8 Å². The first-order valence-corrected chi connectivity index (χ1v) is 19.6. The van der Waals surface area contributed by atoms with Crippen LogP contribution in [0.25, 0.3) is 28.0 Å². The maximum absolute atomic E-state index is 13.7. The van der Waals surface area contributed by atoms with Crippen LogP contribution in [0.3, 0.4) is 0 Å². The number of rotatable bonds is 7. The van der Waals surface area contributed by atoms with Gasteiger partial charge in [0.25, 0.3) is 11.8 Å². The van der Waals surface area contributed by atoms with Crippen LogP contribution < -0.4 is 10.6 Å². The first-order valence-electron chi connectivity index (χ1n) is 19.6. The fourth-order valence-corrected chi connectivity index (χ4v) is 8.49. The van der Waals surface area contributed by atoms with E-state index in [1.165, 1.54) is 34.3 Å². The summed E-state index contributed by atoms with van der Waals surface area (Å²) in [5.41, 5.74) is 6.49. The third-order valence-electron chi connectivity index (χ3n) is 11.5. The average molecular weight is 792 g/mol. The van der Waals surface area contributed by atoms with Crippen LogP contribution in [0.4, 0.5) is 9.59 Å². The number of aromatic amines is 1. The van der Waals surface area contributed by atoms with Crippen LogP contribution in [0, 0.1) is 0 Å². The van der Waals surface area contributed by atoms with Gasteiger partial charge in [0.05, 0.1) is 32.2 Å². The van der Waals surface area contributed by atoms with E-state index in [1.54, 1.807) is 6.20 Å². The summed E-state index contributed by atoms with van der Waals surface area (Å²) in [7, 11) is 2.47. The number of methoxy groups -OCH3 is 2. The Kier molecular flexibility index (Phi) is 10.7. The summed E-state index contributed by atoms with van der Waals surface area (Å²) in [5.74, 6) is -0.486. The number of aromatic nitrogens is 2. The summed E-state index contributed by atoms with van der Waals surface area (Å²) in [4.78, 5) is 90.2. The Labute approximate surface area is 334 Å². The number of ether oxygens (including phenoxy) is 2. The standard InChI is InChI=1S/C41H45N9O8/c1-57-40(55)45-29-15-17-35(51)47-19-3-5-33(49(47)38(29)53)31-21-28(22-42-31)26-9-7-24(8-10-26)25-11-13-27(14-12-25)32-23-43-37(44-32)34-6-4-20-48-36(52)18-16-30(39(54)50(34)48)46-41(56)58-2/h7-14,22-23,29-30,33-34H,3-6,15-21H2,1-2H3,(H,43,44)(H,45,55)(H,46,56)/t29-,30-,33-,34-/m0/s1. The molecule has 0 radical (unpaired) electrons. The smallest absolute Gasteiger partial charge is 0.407 e. The van der Waals surface area contributed by atoms with Crippen molar-refractivity contribution in [3.63, 3.8) is 0 Å². The van der Waals surface area contributed by atoms with Crippen molar-refractivity contribution in [1.29, 1.82) is 0 Å². The number of carbonyl (C=O) groups excluding carboxylic acids is 6. The van der Waals surface area contributed by atoms with Crippen molar-refractivity contribution in [3.8, 4) is 22.4 Å². The van der Waals surface area contributed by atoms with Gasteiger partial charge in [0.15, 0.2) is 0 Å². The van der Waals surface area contributed by atoms with Gasteiger partial charge in [0.2, 0.25) is 11.8 Å². The molecule has 0 unspecified atom stereocenters. The minimum atomic E-state index is -0.890. The van der Waals surface area contributed by atoms with Gasteiger partial charge < -0.3 is 25.1 Å². The molecule has 3 aromatic rings. The monoisotopic (exact) mass is 791 g/mol. The number of amides is 6. The van der Waals surface area contributed by atoms with E-state index in [-0.39, 0.29) is 49.3 Å². The van der Waals surface area contributed by atoms with E-state index in [0.29, 0.717) is 44.6 Å². The molecule has 6 heterocycles. The number of carbonyl (C=O) groups is 6. The average Bonchev–Trinajstić information content (AvgIpc) is 3.92. The molecule has 2 aromatic carbocycles. The first kappa shape index (κ1) is 38.4. The second-order valence-corrected chi connectivity index (χ2v) is 15.0. The number of hydrogen-bond donors (Lipinski definition) is 3. The van der Waals surface area contributed by atoms with Gasteiger partial charge in [0.1, 0.15) is 23.9 Å². The molecule has 5 aliphatic heterocycles. The molecule has 5 aliphatic rings. The number of hydrogen-bond acceptors (Lipinski definition) is 10. The molecule has 3 N–H and O–H groups in total. The van der Waals surface area contributed by atoms with E-state index in [0.717, 1.165) is 45.7 Å². The van der Waals surface area contributed by atoms with E-state index >= 15 is 0 Å². The van der Waals surface area contributed by atoms with E-state index in [1.807, 2.05) is 42.6 Å². The number of nitrogens with zero attached hydrogens (tertiary/aromatic N) is 6. The number of allylic oxidation sites excluding steroid dienone is 1. The van der Waals surface area contributed by atoms with Crippen molar-refractivity contribution in [2.75, 3.05) is 27.3 Å². The maximum atomic E-state index is 13.7. The summed E-state index contributed by atoms with van der Waals surface area (Å²) in [6, 6.07) is 13.6. The Morgan fingerprint density at radius 3 is 1.74 bits per heavy atom. The van der Waals surface area contributed by atoms with Crippen LogP contribution in [-0.4, -0.2) is 117 Å². The molecule has 4 saturated heterocycles. The number of alkyl carbamates (subject to hydrolysis) is 2. The van der Waals surface area contributed by atoms with Crippen LogP contribution in [0.5, 0.6) is 0 Å². The fourth-order valence-electron chi connectivity index (χ4n) is 8.49. The van der Waals surface area contributed by atoms with Gasteiger partial charge in [-0.2, -0.15) is 0 Å². The first-order chi connectivity index (χ1) is 28.1. The normalized spacial score (nSPS) is 23.6. The molecule has 6 amide bonds. The SMILES string of the molecule is COC(=O)N[C@H]1CCC(=O)N2CCC[C@@H](C3=NC=C(c4ccc(-c5ccc(-c6cnc([C@@H]7CCCN8C(=O)CC[C@H](NC(=O)OC)C(=O)N78)[nH]6)cc5)cc4)C3)N2C1=O. The highest BCUT2D eigenvalue weighted by Crippen LogP contribution is 2.36. The van der Waals surface area contributed by atoms with Gasteiger partial charge in [-0.25, -0.2) is 24.6 Å². The van der Waals surface area contributed by atoms with E-state index in [2.05, 4.69) is 32.7 Å². The molecule has 0 bridgehead atoms. The molecule has 17 nitrogen and oxygen atoms in total. The number of benzene rings is 2. The predicted molar refractivity (Wildman–Crippen MR) is 209 cm³/mol. The van der Waals surface area contributed by atoms with Gasteiger partial charge in [0, 0.05) is 44.3 Å². The van der Waals surface area contributed by atoms with Gasteiger partial charge in [-0.05, 0) is 66.4 Å². The summed E-state index contributed by atoms with van der Waals surface area (Å²) in [5, 5.41) is 11.1. The van der Waals surface area contributed by atoms with Gasteiger partial charge in [-0.1, -0.05) is 48.5 Å². The number of imidazole rings is 1. The minimum absolute atomic E-state index is 0.126. The van der Waals surface area contributed by atoms with Crippen LogP contribution in [-0.2, 0) is 28.7 Å². The Balaban J connectivity index is 0.927. The lowest BCUT2D eigenvalue weighted by atomic mass is 9.94. The largest absolute Gasteiger partial charge is 0.453 e. The molecule has 0 aliphatic carbocycles. The molecule has 1 aromatic heterocycles. The summed E-state index contributed by atoms with van der Waals surface area (Å²) < 4.78 is 9.44. The Bertz CT molecular complexity index is 2180. The lowest BCUT2D eigenvalue weighted by molar-refractivity contribution is -0.174. The minimum Gasteiger partial charge on any atom is -0.453 e. The third kappa shape index (κ3) is 7.39. The topological polar surface area (TPSA) is 199 Å². The molecule has 0 spiro atoms. The number of fused-ring (bicyclic) bond motifs is 2. The Hall–Kier alpha value is -6.52. The molecular weight excluding hydrogens is 747 g/mol. The highest BCUT2D eigenvalue weighted by atomic mass is 16.5. The fraction of sp³-hybridized carbons (Fsp3) is 0.415. The summed E-state index contributed by atoms with van der Waals surface area (Å²) in [6.45, 7) is 0.852. The van der Waals surface area contributed by atoms with Crippen molar-refractivity contribution < 1.29 is 38.2 Å². The molecule has 0 saturated carbocycles. The molecule has 17 heteroatoms.